The van der Waals surface area contributed by atoms with Gasteiger partial charge in [-0.15, -0.1) is 0 Å². The SMILES string of the molecule is CCCCOc1ccc(CCC)c(Oc2ncc(C(F)(F)F)cc2Cl)c1. The molecule has 142 valence electrons. The van der Waals surface area contributed by atoms with E-state index < -0.39 is 11.7 Å². The van der Waals surface area contributed by atoms with Gasteiger partial charge in [0.1, 0.15) is 16.5 Å². The molecule has 2 aromatic rings. The third kappa shape index (κ3) is 5.53. The first kappa shape index (κ1) is 20.4. The van der Waals surface area contributed by atoms with Gasteiger partial charge in [0.25, 0.3) is 0 Å². The topological polar surface area (TPSA) is 31.4 Å². The molecule has 0 aliphatic heterocycles. The molecule has 7 heteroatoms. The van der Waals surface area contributed by atoms with Crippen molar-refractivity contribution in [2.45, 2.75) is 45.7 Å². The Labute approximate surface area is 156 Å². The van der Waals surface area contributed by atoms with Gasteiger partial charge in [0.05, 0.1) is 12.2 Å². The first-order chi connectivity index (χ1) is 12.3. The van der Waals surface area contributed by atoms with E-state index in [2.05, 4.69) is 11.9 Å². The molecular formula is C19H21ClF3NO2. The van der Waals surface area contributed by atoms with Crippen molar-refractivity contribution in [2.24, 2.45) is 0 Å². The predicted molar refractivity (Wildman–Crippen MR) is 95.2 cm³/mol. The maximum absolute atomic E-state index is 12.7. The molecule has 0 amide bonds. The summed E-state index contributed by atoms with van der Waals surface area (Å²) in [6.45, 7) is 4.68. The average molecular weight is 388 g/mol. The zero-order valence-corrected chi connectivity index (χ0v) is 15.5. The Balaban J connectivity index is 2.27. The van der Waals surface area contributed by atoms with Crippen molar-refractivity contribution in [1.29, 1.82) is 0 Å². The van der Waals surface area contributed by atoms with E-state index >= 15 is 0 Å². The van der Waals surface area contributed by atoms with Crippen LogP contribution in [0.3, 0.4) is 0 Å². The summed E-state index contributed by atoms with van der Waals surface area (Å²) < 4.78 is 49.6. The van der Waals surface area contributed by atoms with Crippen LogP contribution in [0.4, 0.5) is 13.2 Å². The Morgan fingerprint density at radius 1 is 1.12 bits per heavy atom. The predicted octanol–water partition coefficient (Wildman–Crippen LogP) is 6.68. The second-order valence-corrected chi connectivity index (χ2v) is 6.24. The van der Waals surface area contributed by atoms with Crippen LogP contribution in [0.5, 0.6) is 17.4 Å². The van der Waals surface area contributed by atoms with Gasteiger partial charge in [-0.3, -0.25) is 0 Å². The minimum Gasteiger partial charge on any atom is -0.493 e. The molecule has 1 aromatic carbocycles. The first-order valence-electron chi connectivity index (χ1n) is 8.51. The molecule has 0 saturated carbocycles. The Kier molecular flexibility index (Phi) is 7.14. The van der Waals surface area contributed by atoms with Gasteiger partial charge in [-0.05, 0) is 30.5 Å². The standard InChI is InChI=1S/C19H21ClF3NO2/c1-3-5-9-25-15-8-7-13(6-4-2)17(11-15)26-18-16(20)10-14(12-24-18)19(21,22)23/h7-8,10-12H,3-6,9H2,1-2H3. The van der Waals surface area contributed by atoms with Crippen LogP contribution in [-0.4, -0.2) is 11.6 Å². The summed E-state index contributed by atoms with van der Waals surface area (Å²) in [5.41, 5.74) is -0.00612. The highest BCUT2D eigenvalue weighted by atomic mass is 35.5. The van der Waals surface area contributed by atoms with Crippen LogP contribution in [0.25, 0.3) is 0 Å². The number of halogens is 4. The largest absolute Gasteiger partial charge is 0.493 e. The Morgan fingerprint density at radius 3 is 2.50 bits per heavy atom. The van der Waals surface area contributed by atoms with Gasteiger partial charge in [-0.25, -0.2) is 4.98 Å². The number of aromatic nitrogens is 1. The molecule has 0 N–H and O–H groups in total. The van der Waals surface area contributed by atoms with Crippen molar-refractivity contribution in [3.8, 4) is 17.4 Å². The number of pyridine rings is 1. The summed E-state index contributed by atoms with van der Waals surface area (Å²) in [6.07, 6.45) is -0.206. The maximum Gasteiger partial charge on any atom is 0.417 e. The highest BCUT2D eigenvalue weighted by molar-refractivity contribution is 6.31. The van der Waals surface area contributed by atoms with E-state index in [-0.39, 0.29) is 10.9 Å². The van der Waals surface area contributed by atoms with Crippen molar-refractivity contribution in [1.82, 2.24) is 4.98 Å². The number of hydrogen-bond donors (Lipinski definition) is 0. The lowest BCUT2D eigenvalue weighted by Crippen LogP contribution is -2.06. The number of benzene rings is 1. The molecule has 0 atom stereocenters. The van der Waals surface area contributed by atoms with Gasteiger partial charge in [0.2, 0.25) is 5.88 Å². The summed E-state index contributed by atoms with van der Waals surface area (Å²) >= 11 is 5.94. The van der Waals surface area contributed by atoms with Gasteiger partial charge < -0.3 is 9.47 Å². The van der Waals surface area contributed by atoms with Gasteiger partial charge in [0, 0.05) is 12.3 Å². The van der Waals surface area contributed by atoms with E-state index in [0.717, 1.165) is 37.3 Å². The number of alkyl halides is 3. The van der Waals surface area contributed by atoms with Gasteiger partial charge >= 0.3 is 6.18 Å². The lowest BCUT2D eigenvalue weighted by Gasteiger charge is -2.14. The maximum atomic E-state index is 12.7. The number of aryl methyl sites for hydroxylation is 1. The van der Waals surface area contributed by atoms with Crippen molar-refractivity contribution in [2.75, 3.05) is 6.61 Å². The molecule has 0 aliphatic rings. The number of hydrogen-bond acceptors (Lipinski definition) is 3. The summed E-state index contributed by atoms with van der Waals surface area (Å²) in [5.74, 6) is 1.05. The number of ether oxygens (including phenoxy) is 2. The molecule has 2 rings (SSSR count). The Morgan fingerprint density at radius 2 is 1.88 bits per heavy atom. The van der Waals surface area contributed by atoms with Crippen LogP contribution >= 0.6 is 11.6 Å². The minimum atomic E-state index is -4.50. The average Bonchev–Trinajstić information content (AvgIpc) is 2.58. The molecule has 1 heterocycles. The zero-order valence-electron chi connectivity index (χ0n) is 14.7. The fourth-order valence-electron chi connectivity index (χ4n) is 2.29. The Bertz CT molecular complexity index is 735. The summed E-state index contributed by atoms with van der Waals surface area (Å²) in [5, 5.41) is -0.195. The molecule has 0 unspecified atom stereocenters. The van der Waals surface area contributed by atoms with Crippen LogP contribution < -0.4 is 9.47 Å². The van der Waals surface area contributed by atoms with Crippen molar-refractivity contribution in [3.63, 3.8) is 0 Å². The molecule has 0 aliphatic carbocycles. The van der Waals surface area contributed by atoms with Crippen LogP contribution in [0.1, 0.15) is 44.2 Å². The summed E-state index contributed by atoms with van der Waals surface area (Å²) in [6, 6.07) is 6.27. The molecule has 0 fully saturated rings. The van der Waals surface area contributed by atoms with E-state index in [9.17, 15) is 13.2 Å². The Hall–Kier alpha value is -1.95. The second-order valence-electron chi connectivity index (χ2n) is 5.83. The summed E-state index contributed by atoms with van der Waals surface area (Å²) in [7, 11) is 0. The fourth-order valence-corrected chi connectivity index (χ4v) is 2.49. The molecule has 3 nitrogen and oxygen atoms in total. The molecule has 26 heavy (non-hydrogen) atoms. The summed E-state index contributed by atoms with van der Waals surface area (Å²) in [4.78, 5) is 3.73. The molecule has 0 radical (unpaired) electrons. The van der Waals surface area contributed by atoms with E-state index in [1.54, 1.807) is 6.07 Å². The highest BCUT2D eigenvalue weighted by Gasteiger charge is 2.31. The minimum absolute atomic E-state index is 0.0669. The van der Waals surface area contributed by atoms with E-state index in [1.165, 1.54) is 0 Å². The number of unbranched alkanes of at least 4 members (excludes halogenated alkanes) is 1. The quantitative estimate of drug-likeness (QED) is 0.473. The zero-order chi connectivity index (χ0) is 19.2. The lowest BCUT2D eigenvalue weighted by atomic mass is 10.1. The van der Waals surface area contributed by atoms with E-state index in [0.29, 0.717) is 24.3 Å². The van der Waals surface area contributed by atoms with E-state index in [1.807, 2.05) is 19.1 Å². The van der Waals surface area contributed by atoms with Crippen LogP contribution in [0.2, 0.25) is 5.02 Å². The lowest BCUT2D eigenvalue weighted by molar-refractivity contribution is -0.137. The number of rotatable bonds is 8. The van der Waals surface area contributed by atoms with Crippen LogP contribution in [0.15, 0.2) is 30.5 Å². The van der Waals surface area contributed by atoms with Crippen molar-refractivity contribution < 1.29 is 22.6 Å². The van der Waals surface area contributed by atoms with Crippen LogP contribution in [-0.2, 0) is 12.6 Å². The third-order valence-electron chi connectivity index (χ3n) is 3.67. The molecule has 1 aromatic heterocycles. The van der Waals surface area contributed by atoms with Gasteiger partial charge in [0.15, 0.2) is 0 Å². The second kappa shape index (κ2) is 9.12. The van der Waals surface area contributed by atoms with Crippen LogP contribution in [0, 0.1) is 0 Å². The third-order valence-corrected chi connectivity index (χ3v) is 3.94. The number of nitrogens with zero attached hydrogens (tertiary/aromatic N) is 1. The van der Waals surface area contributed by atoms with E-state index in [4.69, 9.17) is 21.1 Å². The molecule has 0 saturated heterocycles. The van der Waals surface area contributed by atoms with Gasteiger partial charge in [-0.1, -0.05) is 44.4 Å². The monoisotopic (exact) mass is 387 g/mol. The smallest absolute Gasteiger partial charge is 0.417 e. The molecule has 0 bridgehead atoms. The highest BCUT2D eigenvalue weighted by Crippen LogP contribution is 2.36. The van der Waals surface area contributed by atoms with Gasteiger partial charge in [-0.2, -0.15) is 13.2 Å². The molecular weight excluding hydrogens is 367 g/mol. The van der Waals surface area contributed by atoms with Crippen molar-refractivity contribution >= 4 is 11.6 Å². The normalized spacial score (nSPS) is 11.5. The fraction of sp³-hybridized carbons (Fsp3) is 0.421. The van der Waals surface area contributed by atoms with Crippen molar-refractivity contribution in [3.05, 3.63) is 46.6 Å². The molecule has 0 spiro atoms. The first-order valence-corrected chi connectivity index (χ1v) is 8.89.